The van der Waals surface area contributed by atoms with Crippen molar-refractivity contribution in [3.63, 3.8) is 0 Å². The smallest absolute Gasteiger partial charge is 0.0181 e. The molecule has 0 bridgehead atoms. The Hall–Kier alpha value is -1.30. The van der Waals surface area contributed by atoms with Gasteiger partial charge in [0.15, 0.2) is 0 Å². The average Bonchev–Trinajstić information content (AvgIpc) is 2.86. The van der Waals surface area contributed by atoms with Crippen LogP contribution in [-0.4, -0.2) is 0 Å². The third-order valence-electron chi connectivity index (χ3n) is 7.77. The van der Waals surface area contributed by atoms with Crippen LogP contribution in [0.15, 0.2) is 42.5 Å². The Morgan fingerprint density at radius 1 is 0.471 bits per heavy atom. The molecule has 0 aromatic heterocycles. The number of fused-ring (bicyclic) bond motifs is 1. The lowest BCUT2D eigenvalue weighted by atomic mass is 9.88. The second kappa shape index (κ2) is 19.9. The van der Waals surface area contributed by atoms with Crippen molar-refractivity contribution in [3.05, 3.63) is 48.0 Å². The van der Waals surface area contributed by atoms with E-state index < -0.39 is 0 Å². The van der Waals surface area contributed by atoms with Gasteiger partial charge in [0, 0.05) is 0 Å². The predicted molar refractivity (Wildman–Crippen MR) is 155 cm³/mol. The first-order valence-electron chi connectivity index (χ1n) is 15.3. The van der Waals surface area contributed by atoms with Gasteiger partial charge in [-0.15, -0.1) is 0 Å². The first-order chi connectivity index (χ1) is 16.8. The van der Waals surface area contributed by atoms with Crippen molar-refractivity contribution < 1.29 is 0 Å². The van der Waals surface area contributed by atoms with E-state index in [9.17, 15) is 0 Å². The Kier molecular flexibility index (Phi) is 17.0. The van der Waals surface area contributed by atoms with E-state index in [2.05, 4.69) is 56.3 Å². The molecule has 0 heteroatoms. The SMILES string of the molecule is CCCCCCCCCCCCC(CCCCCCCCCC)Cc1ccc2ccccc2c1. The van der Waals surface area contributed by atoms with Crippen LogP contribution in [0.25, 0.3) is 10.8 Å². The number of hydrogen-bond acceptors (Lipinski definition) is 0. The zero-order valence-corrected chi connectivity index (χ0v) is 23.0. The monoisotopic (exact) mass is 464 g/mol. The zero-order chi connectivity index (χ0) is 24.1. The Labute approximate surface area is 213 Å². The van der Waals surface area contributed by atoms with Crippen LogP contribution in [-0.2, 0) is 6.42 Å². The van der Waals surface area contributed by atoms with Crippen LogP contribution in [0.3, 0.4) is 0 Å². The standard InChI is InChI=1S/C34H56/c1-3-5-7-9-11-13-14-16-18-20-24-31(23-19-17-15-12-10-8-6-4-2)29-32-27-28-33-25-21-22-26-34(33)30-32/h21-22,25-28,30-31H,3-20,23-24,29H2,1-2H3. The van der Waals surface area contributed by atoms with Gasteiger partial charge in [0.1, 0.15) is 0 Å². The van der Waals surface area contributed by atoms with E-state index in [1.54, 1.807) is 5.56 Å². The molecule has 0 fully saturated rings. The van der Waals surface area contributed by atoms with Gasteiger partial charge >= 0.3 is 0 Å². The summed E-state index contributed by atoms with van der Waals surface area (Å²) in [7, 11) is 0. The largest absolute Gasteiger partial charge is 0.0654 e. The second-order valence-corrected chi connectivity index (χ2v) is 11.0. The fourth-order valence-electron chi connectivity index (χ4n) is 5.53. The predicted octanol–water partition coefficient (Wildman–Crippen LogP) is 11.8. The van der Waals surface area contributed by atoms with Crippen LogP contribution >= 0.6 is 0 Å². The van der Waals surface area contributed by atoms with Crippen molar-refractivity contribution in [2.75, 3.05) is 0 Å². The Balaban J connectivity index is 1.69. The molecule has 0 radical (unpaired) electrons. The molecule has 1 unspecified atom stereocenters. The highest BCUT2D eigenvalue weighted by Gasteiger charge is 2.10. The van der Waals surface area contributed by atoms with Crippen molar-refractivity contribution in [3.8, 4) is 0 Å². The maximum absolute atomic E-state index is 2.45. The van der Waals surface area contributed by atoms with Gasteiger partial charge in [0.2, 0.25) is 0 Å². The van der Waals surface area contributed by atoms with Crippen molar-refractivity contribution in [1.29, 1.82) is 0 Å². The first kappa shape index (κ1) is 28.9. The minimum atomic E-state index is 0.871. The topological polar surface area (TPSA) is 0 Å². The van der Waals surface area contributed by atoms with Gasteiger partial charge in [0.25, 0.3) is 0 Å². The third kappa shape index (κ3) is 13.6. The van der Waals surface area contributed by atoms with Crippen LogP contribution in [0.5, 0.6) is 0 Å². The highest BCUT2D eigenvalue weighted by molar-refractivity contribution is 5.82. The molecule has 192 valence electrons. The fourth-order valence-corrected chi connectivity index (χ4v) is 5.53. The molecule has 0 aliphatic carbocycles. The van der Waals surface area contributed by atoms with E-state index >= 15 is 0 Å². The fraction of sp³-hybridized carbons (Fsp3) is 0.706. The molecule has 0 saturated heterocycles. The molecule has 0 nitrogen and oxygen atoms in total. The quantitative estimate of drug-likeness (QED) is 0.152. The molecule has 0 heterocycles. The molecule has 0 aliphatic heterocycles. The minimum Gasteiger partial charge on any atom is -0.0654 e. The molecule has 0 amide bonds. The summed E-state index contributed by atoms with van der Waals surface area (Å²) in [6.45, 7) is 4.62. The summed E-state index contributed by atoms with van der Waals surface area (Å²) < 4.78 is 0. The van der Waals surface area contributed by atoms with E-state index in [-0.39, 0.29) is 0 Å². The van der Waals surface area contributed by atoms with Crippen LogP contribution in [0, 0.1) is 5.92 Å². The van der Waals surface area contributed by atoms with Gasteiger partial charge in [-0.2, -0.15) is 0 Å². The van der Waals surface area contributed by atoms with Crippen LogP contribution in [0.1, 0.15) is 148 Å². The van der Waals surface area contributed by atoms with E-state index in [1.807, 2.05) is 0 Å². The van der Waals surface area contributed by atoms with Gasteiger partial charge < -0.3 is 0 Å². The molecule has 2 aromatic carbocycles. The summed E-state index contributed by atoms with van der Waals surface area (Å²) in [4.78, 5) is 0. The minimum absolute atomic E-state index is 0.871. The maximum Gasteiger partial charge on any atom is -0.0181 e. The van der Waals surface area contributed by atoms with Crippen molar-refractivity contribution in [2.45, 2.75) is 149 Å². The molecule has 0 N–H and O–H groups in total. The lowest BCUT2D eigenvalue weighted by molar-refractivity contribution is 0.400. The highest BCUT2D eigenvalue weighted by atomic mass is 14.2. The third-order valence-corrected chi connectivity index (χ3v) is 7.77. The van der Waals surface area contributed by atoms with Crippen molar-refractivity contribution in [2.24, 2.45) is 5.92 Å². The molecular weight excluding hydrogens is 408 g/mol. The molecule has 0 spiro atoms. The molecule has 1 atom stereocenters. The normalized spacial score (nSPS) is 12.4. The number of hydrogen-bond donors (Lipinski definition) is 0. The molecule has 0 aliphatic rings. The lowest BCUT2D eigenvalue weighted by Gasteiger charge is -2.18. The van der Waals surface area contributed by atoms with Gasteiger partial charge in [-0.05, 0) is 28.7 Å². The van der Waals surface area contributed by atoms with E-state index in [1.165, 1.54) is 146 Å². The summed E-state index contributed by atoms with van der Waals surface area (Å²) in [5, 5.41) is 2.78. The van der Waals surface area contributed by atoms with E-state index in [0.717, 1.165) is 5.92 Å². The van der Waals surface area contributed by atoms with Crippen molar-refractivity contribution >= 4 is 10.8 Å². The van der Waals surface area contributed by atoms with E-state index in [0.29, 0.717) is 0 Å². The summed E-state index contributed by atoms with van der Waals surface area (Å²) in [6, 6.07) is 16.0. The van der Waals surface area contributed by atoms with E-state index in [4.69, 9.17) is 0 Å². The van der Waals surface area contributed by atoms with Gasteiger partial charge in [-0.3, -0.25) is 0 Å². The Morgan fingerprint density at radius 2 is 0.912 bits per heavy atom. The zero-order valence-electron chi connectivity index (χ0n) is 23.0. The van der Waals surface area contributed by atoms with Crippen LogP contribution < -0.4 is 0 Å². The number of benzene rings is 2. The van der Waals surface area contributed by atoms with Crippen LogP contribution in [0.2, 0.25) is 0 Å². The molecule has 0 saturated carbocycles. The number of unbranched alkanes of at least 4 members (excludes halogenated alkanes) is 16. The lowest BCUT2D eigenvalue weighted by Crippen LogP contribution is -2.05. The van der Waals surface area contributed by atoms with Gasteiger partial charge in [-0.25, -0.2) is 0 Å². The maximum atomic E-state index is 2.45. The highest BCUT2D eigenvalue weighted by Crippen LogP contribution is 2.25. The van der Waals surface area contributed by atoms with Gasteiger partial charge in [0.05, 0.1) is 0 Å². The second-order valence-electron chi connectivity index (χ2n) is 11.0. The first-order valence-corrected chi connectivity index (χ1v) is 15.3. The molecular formula is C34H56. The summed E-state index contributed by atoms with van der Waals surface area (Å²) in [6.07, 6.45) is 30.0. The summed E-state index contributed by atoms with van der Waals surface area (Å²) in [5.74, 6) is 0.871. The molecule has 2 aromatic rings. The molecule has 34 heavy (non-hydrogen) atoms. The van der Waals surface area contributed by atoms with Gasteiger partial charge in [-0.1, -0.05) is 185 Å². The number of rotatable bonds is 22. The van der Waals surface area contributed by atoms with Crippen LogP contribution in [0.4, 0.5) is 0 Å². The average molecular weight is 465 g/mol. The summed E-state index contributed by atoms with van der Waals surface area (Å²) in [5.41, 5.74) is 1.55. The summed E-state index contributed by atoms with van der Waals surface area (Å²) >= 11 is 0. The Bertz CT molecular complexity index is 715. The Morgan fingerprint density at radius 3 is 1.41 bits per heavy atom. The van der Waals surface area contributed by atoms with Crippen molar-refractivity contribution in [1.82, 2.24) is 0 Å². The molecule has 2 rings (SSSR count).